The van der Waals surface area contributed by atoms with Gasteiger partial charge in [-0.05, 0) is 37.1 Å². The number of ether oxygens (including phenoxy) is 1. The number of anilines is 1. The van der Waals surface area contributed by atoms with Gasteiger partial charge in [-0.1, -0.05) is 18.9 Å². The molecule has 6 heteroatoms. The van der Waals surface area contributed by atoms with Crippen LogP contribution in [-0.2, 0) is 0 Å². The molecular formula is C23H25N5O. The summed E-state index contributed by atoms with van der Waals surface area (Å²) in [6, 6.07) is 13.2. The lowest BCUT2D eigenvalue weighted by atomic mass is 10.1. The maximum atomic E-state index is 9.31. The highest BCUT2D eigenvalue weighted by atomic mass is 16.5. The zero-order valence-corrected chi connectivity index (χ0v) is 16.5. The number of nitrogens with zero attached hydrogens (tertiary/aromatic N) is 5. The molecule has 1 aromatic carbocycles. The average Bonchev–Trinajstić information content (AvgIpc) is 3.44. The topological polar surface area (TPSA) is 67.0 Å². The van der Waals surface area contributed by atoms with Gasteiger partial charge < -0.3 is 14.2 Å². The Morgan fingerprint density at radius 1 is 1.03 bits per heavy atom. The van der Waals surface area contributed by atoms with E-state index >= 15 is 0 Å². The van der Waals surface area contributed by atoms with Crippen LogP contribution in [0.25, 0.3) is 10.9 Å². The molecule has 2 aromatic heterocycles. The third kappa shape index (κ3) is 3.42. The number of hydrogen-bond acceptors (Lipinski definition) is 5. The van der Waals surface area contributed by atoms with E-state index in [0.29, 0.717) is 17.4 Å². The van der Waals surface area contributed by atoms with Gasteiger partial charge in [0.15, 0.2) is 5.82 Å². The van der Waals surface area contributed by atoms with E-state index in [1.54, 1.807) is 12.3 Å². The van der Waals surface area contributed by atoms with Crippen LogP contribution in [0.1, 0.15) is 50.1 Å². The maximum Gasteiger partial charge on any atom is 0.169 e. The first-order valence-corrected chi connectivity index (χ1v) is 10.6. The second kappa shape index (κ2) is 7.75. The molecule has 1 saturated heterocycles. The van der Waals surface area contributed by atoms with Crippen molar-refractivity contribution < 1.29 is 4.74 Å². The van der Waals surface area contributed by atoms with Crippen molar-refractivity contribution in [2.75, 3.05) is 18.0 Å². The molecule has 1 saturated carbocycles. The maximum absolute atomic E-state index is 9.31. The van der Waals surface area contributed by atoms with E-state index in [9.17, 15) is 5.26 Å². The molecule has 0 atom stereocenters. The van der Waals surface area contributed by atoms with Crippen molar-refractivity contribution in [3.8, 4) is 11.8 Å². The van der Waals surface area contributed by atoms with Crippen LogP contribution in [0.3, 0.4) is 0 Å². The normalized spacial score (nSPS) is 18.2. The lowest BCUT2D eigenvalue weighted by Crippen LogP contribution is -2.39. The minimum Gasteiger partial charge on any atom is -0.490 e. The number of benzene rings is 1. The Balaban J connectivity index is 1.29. The van der Waals surface area contributed by atoms with Gasteiger partial charge in [0.2, 0.25) is 0 Å². The third-order valence-corrected chi connectivity index (χ3v) is 6.30. The number of fused-ring (bicyclic) bond motifs is 1. The number of piperidine rings is 1. The Morgan fingerprint density at radius 3 is 2.66 bits per heavy atom. The van der Waals surface area contributed by atoms with Crippen molar-refractivity contribution in [1.82, 2.24) is 14.8 Å². The van der Waals surface area contributed by atoms with Crippen LogP contribution in [0, 0.1) is 11.3 Å². The van der Waals surface area contributed by atoms with Crippen LogP contribution < -0.4 is 9.64 Å². The van der Waals surface area contributed by atoms with E-state index in [2.05, 4.69) is 56.2 Å². The molecule has 6 nitrogen and oxygen atoms in total. The fraction of sp³-hybridized carbons (Fsp3) is 0.435. The molecule has 0 N–H and O–H groups in total. The lowest BCUT2D eigenvalue weighted by Gasteiger charge is -2.33. The highest BCUT2D eigenvalue weighted by molar-refractivity contribution is 5.86. The molecule has 1 aliphatic carbocycles. The third-order valence-electron chi connectivity index (χ3n) is 6.30. The molecule has 0 radical (unpaired) electrons. The smallest absolute Gasteiger partial charge is 0.169 e. The molecule has 5 rings (SSSR count). The number of hydrogen-bond donors (Lipinski definition) is 0. The summed E-state index contributed by atoms with van der Waals surface area (Å²) in [4.78, 5) is 2.14. The fourth-order valence-corrected chi connectivity index (χ4v) is 4.77. The van der Waals surface area contributed by atoms with E-state index < -0.39 is 0 Å². The van der Waals surface area contributed by atoms with Gasteiger partial charge in [0, 0.05) is 43.6 Å². The zero-order chi connectivity index (χ0) is 19.6. The van der Waals surface area contributed by atoms with Gasteiger partial charge in [-0.15, -0.1) is 5.10 Å². The van der Waals surface area contributed by atoms with Gasteiger partial charge in [0.1, 0.15) is 17.9 Å². The molecule has 2 fully saturated rings. The zero-order valence-electron chi connectivity index (χ0n) is 16.5. The predicted molar refractivity (Wildman–Crippen MR) is 112 cm³/mol. The van der Waals surface area contributed by atoms with Crippen molar-refractivity contribution in [1.29, 1.82) is 5.26 Å². The van der Waals surface area contributed by atoms with Crippen molar-refractivity contribution in [2.45, 2.75) is 50.7 Å². The largest absolute Gasteiger partial charge is 0.490 e. The van der Waals surface area contributed by atoms with Crippen molar-refractivity contribution in [2.24, 2.45) is 0 Å². The Kier molecular flexibility index (Phi) is 4.81. The van der Waals surface area contributed by atoms with Gasteiger partial charge in [0.05, 0.1) is 17.3 Å². The molecule has 2 aliphatic rings. The summed E-state index contributed by atoms with van der Waals surface area (Å²) in [7, 11) is 0. The quantitative estimate of drug-likeness (QED) is 0.661. The van der Waals surface area contributed by atoms with Crippen LogP contribution >= 0.6 is 0 Å². The van der Waals surface area contributed by atoms with Gasteiger partial charge in [-0.25, -0.2) is 0 Å². The summed E-state index contributed by atoms with van der Waals surface area (Å²) in [6.07, 6.45) is 11.0. The molecule has 1 aliphatic heterocycles. The highest BCUT2D eigenvalue weighted by Crippen LogP contribution is 2.36. The summed E-state index contributed by atoms with van der Waals surface area (Å²) in [5.41, 5.74) is 1.86. The molecule has 0 spiro atoms. The van der Waals surface area contributed by atoms with Crippen molar-refractivity contribution >= 4 is 16.7 Å². The van der Waals surface area contributed by atoms with Gasteiger partial charge in [-0.3, -0.25) is 0 Å². The molecule has 29 heavy (non-hydrogen) atoms. The van der Waals surface area contributed by atoms with Gasteiger partial charge >= 0.3 is 0 Å². The summed E-state index contributed by atoms with van der Waals surface area (Å²) < 4.78 is 8.88. The standard InChI is InChI=1S/C23H25N5O/c24-16-17-8-12-25-26-23(17)27-13-9-19(10-14-27)29-22-7-3-6-21-20(22)11-15-28(21)18-4-1-2-5-18/h3,6-8,11-12,15,18-19H,1-2,4-5,9-10,13-14H2. The summed E-state index contributed by atoms with van der Waals surface area (Å²) in [6.45, 7) is 1.63. The molecule has 0 bridgehead atoms. The predicted octanol–water partition coefficient (Wildman–Crippen LogP) is 4.47. The van der Waals surface area contributed by atoms with E-state index in [1.165, 1.54) is 36.6 Å². The van der Waals surface area contributed by atoms with Crippen LogP contribution in [0.4, 0.5) is 5.82 Å². The Labute approximate surface area is 170 Å². The van der Waals surface area contributed by atoms with Crippen LogP contribution in [-0.4, -0.2) is 34.0 Å². The SMILES string of the molecule is N#Cc1ccnnc1N1CCC(Oc2cccc3c2ccn3C2CCCC2)CC1. The molecule has 0 amide bonds. The molecular weight excluding hydrogens is 362 g/mol. The fourth-order valence-electron chi connectivity index (χ4n) is 4.77. The number of rotatable bonds is 4. The van der Waals surface area contributed by atoms with Gasteiger partial charge in [0.25, 0.3) is 0 Å². The average molecular weight is 387 g/mol. The summed E-state index contributed by atoms with van der Waals surface area (Å²) in [5.74, 6) is 1.67. The highest BCUT2D eigenvalue weighted by Gasteiger charge is 2.25. The monoisotopic (exact) mass is 387 g/mol. The minimum absolute atomic E-state index is 0.175. The van der Waals surface area contributed by atoms with E-state index in [1.807, 2.05) is 0 Å². The van der Waals surface area contributed by atoms with Gasteiger partial charge in [-0.2, -0.15) is 10.4 Å². The second-order valence-corrected chi connectivity index (χ2v) is 8.03. The Morgan fingerprint density at radius 2 is 1.86 bits per heavy atom. The lowest BCUT2D eigenvalue weighted by molar-refractivity contribution is 0.173. The van der Waals surface area contributed by atoms with Crippen LogP contribution in [0.5, 0.6) is 5.75 Å². The van der Waals surface area contributed by atoms with Crippen LogP contribution in [0.15, 0.2) is 42.7 Å². The summed E-state index contributed by atoms with van der Waals surface area (Å²) >= 11 is 0. The van der Waals surface area contributed by atoms with Crippen molar-refractivity contribution in [3.63, 3.8) is 0 Å². The van der Waals surface area contributed by atoms with E-state index in [4.69, 9.17) is 4.74 Å². The number of aromatic nitrogens is 3. The molecule has 3 aromatic rings. The molecule has 3 heterocycles. The van der Waals surface area contributed by atoms with E-state index in [-0.39, 0.29) is 6.10 Å². The Bertz CT molecular complexity index is 1040. The minimum atomic E-state index is 0.175. The second-order valence-electron chi connectivity index (χ2n) is 8.03. The first kappa shape index (κ1) is 18.0. The molecule has 0 unspecified atom stereocenters. The summed E-state index contributed by atoms with van der Waals surface area (Å²) in [5, 5.41) is 18.6. The van der Waals surface area contributed by atoms with Crippen molar-refractivity contribution in [3.05, 3.63) is 48.3 Å². The molecule has 148 valence electrons. The first-order chi connectivity index (χ1) is 14.3. The Hall–Kier alpha value is -3.07. The first-order valence-electron chi connectivity index (χ1n) is 10.6. The van der Waals surface area contributed by atoms with E-state index in [0.717, 1.165) is 31.7 Å². The van der Waals surface area contributed by atoms with Crippen LogP contribution in [0.2, 0.25) is 0 Å². The number of nitriles is 1.